The smallest absolute Gasteiger partial charge is 0.152 e. The number of nitriles is 1. The van der Waals surface area contributed by atoms with E-state index in [4.69, 9.17) is 5.26 Å². The molecule has 0 bridgehead atoms. The van der Waals surface area contributed by atoms with Crippen molar-refractivity contribution in [1.82, 2.24) is 0 Å². The molecule has 5 heteroatoms. The summed E-state index contributed by atoms with van der Waals surface area (Å²) in [6.07, 6.45) is 3.00. The molecule has 2 rings (SSSR count). The van der Waals surface area contributed by atoms with E-state index in [-0.39, 0.29) is 16.8 Å². The predicted octanol–water partition coefficient (Wildman–Crippen LogP) is 4.72. The molecule has 0 spiro atoms. The number of benzene rings is 2. The summed E-state index contributed by atoms with van der Waals surface area (Å²) >= 11 is 0. The number of carbonyl (C=O) groups is 1. The molecule has 148 valence electrons. The van der Waals surface area contributed by atoms with Crippen molar-refractivity contribution >= 4 is 15.6 Å². The standard InChI is InChI=1S/C23H27NO3S/c1-18(2)28(26,27)15-5-3-4-6-23(25)16-19-7-11-21(12-8-19)22-13-9-20(17-24)10-14-22/h7-14,18H,3-6,15-16H2,1-2H3. The molecule has 4 nitrogen and oxygen atoms in total. The number of sulfone groups is 1. The summed E-state index contributed by atoms with van der Waals surface area (Å²) in [7, 11) is -2.98. The molecular formula is C23H27NO3S. The van der Waals surface area contributed by atoms with Gasteiger partial charge in [-0.2, -0.15) is 5.26 Å². The first-order valence-corrected chi connectivity index (χ1v) is 11.4. The molecule has 0 atom stereocenters. The molecule has 0 amide bonds. The van der Waals surface area contributed by atoms with Crippen molar-refractivity contribution in [3.8, 4) is 17.2 Å². The van der Waals surface area contributed by atoms with Gasteiger partial charge in [0.05, 0.1) is 22.6 Å². The molecule has 28 heavy (non-hydrogen) atoms. The van der Waals surface area contributed by atoms with E-state index in [9.17, 15) is 13.2 Å². The summed E-state index contributed by atoms with van der Waals surface area (Å²) in [6.45, 7) is 3.40. The molecule has 0 unspecified atom stereocenters. The van der Waals surface area contributed by atoms with Gasteiger partial charge in [0.2, 0.25) is 0 Å². The summed E-state index contributed by atoms with van der Waals surface area (Å²) in [4.78, 5) is 12.2. The molecule has 0 N–H and O–H groups in total. The topological polar surface area (TPSA) is 75.0 Å². The Morgan fingerprint density at radius 3 is 2.04 bits per heavy atom. The number of nitrogens with zero attached hydrogens (tertiary/aromatic N) is 1. The van der Waals surface area contributed by atoms with E-state index >= 15 is 0 Å². The Labute approximate surface area is 168 Å². The minimum Gasteiger partial charge on any atom is -0.299 e. The molecule has 0 heterocycles. The second-order valence-electron chi connectivity index (χ2n) is 7.33. The normalized spacial score (nSPS) is 11.4. The number of Topliss-reactive ketones (excluding diaryl/α,β-unsaturated/α-hetero) is 1. The molecule has 2 aromatic rings. The van der Waals surface area contributed by atoms with Crippen molar-refractivity contribution in [2.45, 2.75) is 51.2 Å². The molecule has 0 aliphatic heterocycles. The SMILES string of the molecule is CC(C)S(=O)(=O)CCCCCC(=O)Cc1ccc(-c2ccc(C#N)cc2)cc1. The second-order valence-corrected chi connectivity index (χ2v) is 10.0. The first kappa shape index (κ1) is 21.8. The van der Waals surface area contributed by atoms with Gasteiger partial charge < -0.3 is 0 Å². The van der Waals surface area contributed by atoms with Gasteiger partial charge in [0.25, 0.3) is 0 Å². The Morgan fingerprint density at radius 2 is 1.50 bits per heavy atom. The summed E-state index contributed by atoms with van der Waals surface area (Å²) < 4.78 is 23.5. The molecule has 0 radical (unpaired) electrons. The highest BCUT2D eigenvalue weighted by molar-refractivity contribution is 7.91. The molecule has 0 aromatic heterocycles. The quantitative estimate of drug-likeness (QED) is 0.544. The van der Waals surface area contributed by atoms with Crippen LogP contribution in [0.4, 0.5) is 0 Å². The van der Waals surface area contributed by atoms with E-state index in [0.717, 1.165) is 29.5 Å². The van der Waals surface area contributed by atoms with E-state index in [1.807, 2.05) is 36.4 Å². The fourth-order valence-electron chi connectivity index (χ4n) is 2.91. The summed E-state index contributed by atoms with van der Waals surface area (Å²) in [5.41, 5.74) is 3.69. The van der Waals surface area contributed by atoms with Crippen LogP contribution >= 0.6 is 0 Å². The fourth-order valence-corrected chi connectivity index (χ4v) is 3.98. The van der Waals surface area contributed by atoms with Crippen LogP contribution in [-0.4, -0.2) is 25.2 Å². The Balaban J connectivity index is 1.77. The van der Waals surface area contributed by atoms with E-state index in [0.29, 0.717) is 24.8 Å². The van der Waals surface area contributed by atoms with Gasteiger partial charge in [-0.05, 0) is 55.5 Å². The van der Waals surface area contributed by atoms with Crippen LogP contribution in [0.3, 0.4) is 0 Å². The second kappa shape index (κ2) is 10.2. The number of hydrogen-bond donors (Lipinski definition) is 0. The zero-order valence-corrected chi connectivity index (χ0v) is 17.3. The van der Waals surface area contributed by atoms with Gasteiger partial charge in [0, 0.05) is 12.8 Å². The lowest BCUT2D eigenvalue weighted by molar-refractivity contribution is -0.118. The average Bonchev–Trinajstić information content (AvgIpc) is 2.68. The zero-order chi connectivity index (χ0) is 20.6. The fraction of sp³-hybridized carbons (Fsp3) is 0.391. The monoisotopic (exact) mass is 397 g/mol. The highest BCUT2D eigenvalue weighted by atomic mass is 32.2. The number of unbranched alkanes of at least 4 members (excludes halogenated alkanes) is 2. The highest BCUT2D eigenvalue weighted by Gasteiger charge is 2.15. The van der Waals surface area contributed by atoms with E-state index in [1.165, 1.54) is 0 Å². The number of rotatable bonds is 10. The van der Waals surface area contributed by atoms with Crippen molar-refractivity contribution in [1.29, 1.82) is 5.26 Å². The molecule has 2 aromatic carbocycles. The van der Waals surface area contributed by atoms with Crippen molar-refractivity contribution in [3.05, 3.63) is 59.7 Å². The lowest BCUT2D eigenvalue weighted by Gasteiger charge is -2.07. The van der Waals surface area contributed by atoms with Crippen LogP contribution in [0.2, 0.25) is 0 Å². The molecule has 0 fully saturated rings. The maximum atomic E-state index is 12.2. The van der Waals surface area contributed by atoms with Gasteiger partial charge in [-0.1, -0.05) is 42.8 Å². The minimum atomic E-state index is -2.98. The van der Waals surface area contributed by atoms with Crippen molar-refractivity contribution in [2.75, 3.05) is 5.75 Å². The van der Waals surface area contributed by atoms with Gasteiger partial charge in [-0.15, -0.1) is 0 Å². The van der Waals surface area contributed by atoms with Crippen LogP contribution in [0, 0.1) is 11.3 Å². The first-order chi connectivity index (χ1) is 13.3. The van der Waals surface area contributed by atoms with Gasteiger partial charge >= 0.3 is 0 Å². The van der Waals surface area contributed by atoms with Gasteiger partial charge in [0.1, 0.15) is 5.78 Å². The van der Waals surface area contributed by atoms with Crippen molar-refractivity contribution < 1.29 is 13.2 Å². The predicted molar refractivity (Wildman–Crippen MR) is 113 cm³/mol. The summed E-state index contributed by atoms with van der Waals surface area (Å²) in [6, 6.07) is 17.4. The van der Waals surface area contributed by atoms with Crippen LogP contribution in [0.15, 0.2) is 48.5 Å². The van der Waals surface area contributed by atoms with E-state index < -0.39 is 9.84 Å². The van der Waals surface area contributed by atoms with Crippen LogP contribution in [0.1, 0.15) is 50.7 Å². The molecular weight excluding hydrogens is 370 g/mol. The Hall–Kier alpha value is -2.45. The molecule has 0 saturated carbocycles. The first-order valence-electron chi connectivity index (χ1n) is 9.64. The van der Waals surface area contributed by atoms with Crippen LogP contribution < -0.4 is 0 Å². The Bertz CT molecular complexity index is 921. The third-order valence-corrected chi connectivity index (χ3v) is 7.10. The highest BCUT2D eigenvalue weighted by Crippen LogP contribution is 2.21. The maximum Gasteiger partial charge on any atom is 0.152 e. The van der Waals surface area contributed by atoms with Crippen LogP contribution in [-0.2, 0) is 21.1 Å². The third kappa shape index (κ3) is 6.61. The van der Waals surface area contributed by atoms with Crippen molar-refractivity contribution in [3.63, 3.8) is 0 Å². The Kier molecular flexibility index (Phi) is 7.95. The lowest BCUT2D eigenvalue weighted by atomic mass is 10.00. The Morgan fingerprint density at radius 1 is 0.929 bits per heavy atom. The van der Waals surface area contributed by atoms with E-state index in [2.05, 4.69) is 6.07 Å². The lowest BCUT2D eigenvalue weighted by Crippen LogP contribution is -2.17. The van der Waals surface area contributed by atoms with Crippen LogP contribution in [0.5, 0.6) is 0 Å². The number of hydrogen-bond acceptors (Lipinski definition) is 4. The van der Waals surface area contributed by atoms with Gasteiger partial charge in [-0.3, -0.25) is 4.79 Å². The molecule has 0 saturated heterocycles. The van der Waals surface area contributed by atoms with E-state index in [1.54, 1.807) is 26.0 Å². The molecule has 0 aliphatic carbocycles. The summed E-state index contributed by atoms with van der Waals surface area (Å²) in [5.74, 6) is 0.383. The molecule has 0 aliphatic rings. The van der Waals surface area contributed by atoms with Crippen molar-refractivity contribution in [2.24, 2.45) is 0 Å². The summed E-state index contributed by atoms with van der Waals surface area (Å²) in [5, 5.41) is 8.53. The third-order valence-electron chi connectivity index (χ3n) is 4.81. The van der Waals surface area contributed by atoms with Crippen LogP contribution in [0.25, 0.3) is 11.1 Å². The van der Waals surface area contributed by atoms with Gasteiger partial charge in [-0.25, -0.2) is 8.42 Å². The average molecular weight is 398 g/mol. The zero-order valence-electron chi connectivity index (χ0n) is 16.5. The number of carbonyl (C=O) groups excluding carboxylic acids is 1. The van der Waals surface area contributed by atoms with Gasteiger partial charge in [0.15, 0.2) is 9.84 Å². The minimum absolute atomic E-state index is 0.179. The maximum absolute atomic E-state index is 12.2. The largest absolute Gasteiger partial charge is 0.299 e. The number of ketones is 1.